The van der Waals surface area contributed by atoms with Crippen LogP contribution in [-0.2, 0) is 25.7 Å². The molecule has 1 aromatic heterocycles. The topological polar surface area (TPSA) is 67.2 Å². The van der Waals surface area contributed by atoms with Crippen LogP contribution in [-0.4, -0.2) is 39.6 Å². The third-order valence-corrected chi connectivity index (χ3v) is 6.07. The maximum Gasteiger partial charge on any atom is 0.416 e. The summed E-state index contributed by atoms with van der Waals surface area (Å²) in [5.41, 5.74) is 0.267. The van der Waals surface area contributed by atoms with E-state index in [1.807, 2.05) is 0 Å². The van der Waals surface area contributed by atoms with E-state index in [9.17, 15) is 22.8 Å². The van der Waals surface area contributed by atoms with Crippen molar-refractivity contribution in [1.82, 2.24) is 20.0 Å². The molecule has 2 aromatic carbocycles. The molecule has 0 atom stereocenters. The summed E-state index contributed by atoms with van der Waals surface area (Å²) in [5, 5.41) is 7.93. The number of fused-ring (bicyclic) bond motifs is 1. The molecule has 178 valence electrons. The van der Waals surface area contributed by atoms with Crippen molar-refractivity contribution in [2.45, 2.75) is 25.7 Å². The molecular formula is C23H19Cl2F3N4O2. The Hall–Kier alpha value is -3.04. The number of carbonyl (C=O) groups is 2. The number of nitrogens with zero attached hydrogens (tertiary/aromatic N) is 3. The van der Waals surface area contributed by atoms with Crippen LogP contribution in [0, 0.1) is 0 Å². The number of rotatable bonds is 6. The molecule has 2 amide bonds. The summed E-state index contributed by atoms with van der Waals surface area (Å²) in [4.78, 5) is 26.8. The average Bonchev–Trinajstić information content (AvgIpc) is 3.22. The van der Waals surface area contributed by atoms with Crippen LogP contribution < -0.4 is 5.32 Å². The molecule has 0 saturated heterocycles. The van der Waals surface area contributed by atoms with Crippen LogP contribution >= 0.6 is 23.2 Å². The number of alkyl halides is 3. The Labute approximate surface area is 203 Å². The van der Waals surface area contributed by atoms with Crippen molar-refractivity contribution in [1.29, 1.82) is 0 Å². The second kappa shape index (κ2) is 9.68. The van der Waals surface area contributed by atoms with Gasteiger partial charge in [0.15, 0.2) is 5.69 Å². The highest BCUT2D eigenvalue weighted by molar-refractivity contribution is 6.35. The first-order valence-electron chi connectivity index (χ1n) is 10.4. The molecule has 11 heteroatoms. The van der Waals surface area contributed by atoms with Gasteiger partial charge in [0.1, 0.15) is 5.69 Å². The maximum absolute atomic E-state index is 13.3. The lowest BCUT2D eigenvalue weighted by molar-refractivity contribution is -0.138. The van der Waals surface area contributed by atoms with Crippen LogP contribution in [0.3, 0.4) is 0 Å². The first-order chi connectivity index (χ1) is 16.1. The second-order valence-electron chi connectivity index (χ2n) is 7.76. The molecule has 34 heavy (non-hydrogen) atoms. The third kappa shape index (κ3) is 5.20. The van der Waals surface area contributed by atoms with E-state index in [1.54, 1.807) is 18.2 Å². The Morgan fingerprint density at radius 1 is 1.06 bits per heavy atom. The Morgan fingerprint density at radius 2 is 1.82 bits per heavy atom. The molecule has 6 nitrogen and oxygen atoms in total. The lowest BCUT2D eigenvalue weighted by Crippen LogP contribution is -2.40. The van der Waals surface area contributed by atoms with Crippen molar-refractivity contribution in [2.24, 2.45) is 0 Å². The third-order valence-electron chi connectivity index (χ3n) is 5.48. The monoisotopic (exact) mass is 510 g/mol. The molecule has 0 fully saturated rings. The summed E-state index contributed by atoms with van der Waals surface area (Å²) < 4.78 is 41.3. The van der Waals surface area contributed by atoms with Crippen LogP contribution in [0.15, 0.2) is 48.5 Å². The zero-order chi connectivity index (χ0) is 24.5. The lowest BCUT2D eigenvalue weighted by atomic mass is 10.1. The van der Waals surface area contributed by atoms with Crippen molar-refractivity contribution in [3.8, 4) is 0 Å². The molecule has 0 unspecified atom stereocenters. The van der Waals surface area contributed by atoms with E-state index < -0.39 is 23.6 Å². The molecule has 1 aliphatic heterocycles. The van der Waals surface area contributed by atoms with Gasteiger partial charge in [0.25, 0.3) is 11.8 Å². The maximum atomic E-state index is 13.3. The van der Waals surface area contributed by atoms with Gasteiger partial charge in [-0.15, -0.1) is 0 Å². The fourth-order valence-electron chi connectivity index (χ4n) is 3.77. The Balaban J connectivity index is 1.42. The summed E-state index contributed by atoms with van der Waals surface area (Å²) in [5.74, 6) is -0.948. The highest BCUT2D eigenvalue weighted by Gasteiger charge is 2.35. The van der Waals surface area contributed by atoms with Crippen LogP contribution in [0.25, 0.3) is 0 Å². The average molecular weight is 511 g/mol. The van der Waals surface area contributed by atoms with Crippen molar-refractivity contribution in [3.63, 3.8) is 0 Å². The standard InChI is InChI=1S/C23H19Cl2F3N4O2/c24-16-6-5-14(18(25)11-16)7-8-29-21(33)19-12-20-22(34)31(9-10-32(20)30-19)13-15-3-1-2-4-17(15)23(26,27)28/h1-6,11-12H,7-10,13H2,(H,29,33). The normalized spacial score (nSPS) is 13.7. The van der Waals surface area contributed by atoms with Crippen LogP contribution in [0.1, 0.15) is 37.7 Å². The lowest BCUT2D eigenvalue weighted by Gasteiger charge is -2.28. The van der Waals surface area contributed by atoms with Crippen molar-refractivity contribution in [2.75, 3.05) is 13.1 Å². The van der Waals surface area contributed by atoms with E-state index in [0.717, 1.165) is 11.6 Å². The fraction of sp³-hybridized carbons (Fsp3) is 0.261. The van der Waals surface area contributed by atoms with Crippen LogP contribution in [0.2, 0.25) is 10.0 Å². The number of aromatic nitrogens is 2. The molecule has 2 heterocycles. The Kier molecular flexibility index (Phi) is 6.86. The largest absolute Gasteiger partial charge is 0.416 e. The number of amides is 2. The molecule has 4 rings (SSSR count). The van der Waals surface area contributed by atoms with E-state index in [1.165, 1.54) is 33.8 Å². The van der Waals surface area contributed by atoms with E-state index >= 15 is 0 Å². The van der Waals surface area contributed by atoms with Gasteiger partial charge in [0.2, 0.25) is 0 Å². The van der Waals surface area contributed by atoms with Gasteiger partial charge >= 0.3 is 6.18 Å². The van der Waals surface area contributed by atoms with Crippen LogP contribution in [0.5, 0.6) is 0 Å². The molecule has 3 aromatic rings. The number of hydrogen-bond donors (Lipinski definition) is 1. The Morgan fingerprint density at radius 3 is 2.56 bits per heavy atom. The van der Waals surface area contributed by atoms with Crippen molar-refractivity contribution < 1.29 is 22.8 Å². The van der Waals surface area contributed by atoms with E-state index in [-0.39, 0.29) is 43.1 Å². The first-order valence-corrected chi connectivity index (χ1v) is 11.1. The molecule has 0 radical (unpaired) electrons. The predicted molar refractivity (Wildman–Crippen MR) is 121 cm³/mol. The van der Waals surface area contributed by atoms with E-state index in [2.05, 4.69) is 10.4 Å². The molecule has 0 aliphatic carbocycles. The summed E-state index contributed by atoms with van der Waals surface area (Å²) in [6.45, 7) is 0.540. The predicted octanol–water partition coefficient (Wildman–Crippen LogP) is 4.84. The van der Waals surface area contributed by atoms with Gasteiger partial charge in [-0.3, -0.25) is 14.3 Å². The molecule has 1 N–H and O–H groups in total. The molecule has 0 spiro atoms. The molecule has 0 bridgehead atoms. The smallest absolute Gasteiger partial charge is 0.350 e. The van der Waals surface area contributed by atoms with Gasteiger partial charge in [-0.1, -0.05) is 47.5 Å². The van der Waals surface area contributed by atoms with Crippen LogP contribution in [0.4, 0.5) is 13.2 Å². The van der Waals surface area contributed by atoms with E-state index in [4.69, 9.17) is 23.2 Å². The second-order valence-corrected chi connectivity index (χ2v) is 8.60. The summed E-state index contributed by atoms with van der Waals surface area (Å²) in [6.07, 6.45) is -4.04. The van der Waals surface area contributed by atoms with Crippen molar-refractivity contribution >= 4 is 35.0 Å². The SMILES string of the molecule is O=C(NCCc1ccc(Cl)cc1Cl)c1cc2n(n1)CCN(Cc1ccccc1C(F)(F)F)C2=O. The quantitative estimate of drug-likeness (QED) is 0.516. The zero-order valence-corrected chi connectivity index (χ0v) is 19.2. The number of hydrogen-bond acceptors (Lipinski definition) is 3. The number of carbonyl (C=O) groups excluding carboxylic acids is 2. The first kappa shape index (κ1) is 24.1. The number of benzene rings is 2. The summed E-state index contributed by atoms with van der Waals surface area (Å²) in [7, 11) is 0. The minimum absolute atomic E-state index is 0.00939. The zero-order valence-electron chi connectivity index (χ0n) is 17.7. The Bertz CT molecular complexity index is 1240. The fourth-order valence-corrected chi connectivity index (χ4v) is 4.27. The van der Waals surface area contributed by atoms with Gasteiger partial charge in [0.05, 0.1) is 12.1 Å². The van der Waals surface area contributed by atoms with Gasteiger partial charge < -0.3 is 10.2 Å². The molecule has 1 aliphatic rings. The van der Waals surface area contributed by atoms with Gasteiger partial charge in [-0.25, -0.2) is 0 Å². The molecule has 0 saturated carbocycles. The van der Waals surface area contributed by atoms with Gasteiger partial charge in [0, 0.05) is 35.7 Å². The number of nitrogens with one attached hydrogen (secondary N) is 1. The van der Waals surface area contributed by atoms with Crippen molar-refractivity contribution in [3.05, 3.63) is 86.7 Å². The van der Waals surface area contributed by atoms with Gasteiger partial charge in [-0.05, 0) is 35.7 Å². The summed E-state index contributed by atoms with van der Waals surface area (Å²) in [6, 6.07) is 11.6. The number of halogens is 5. The highest BCUT2D eigenvalue weighted by atomic mass is 35.5. The van der Waals surface area contributed by atoms with Gasteiger partial charge in [-0.2, -0.15) is 18.3 Å². The molecular weight excluding hydrogens is 492 g/mol. The van der Waals surface area contributed by atoms with E-state index in [0.29, 0.717) is 16.5 Å². The highest BCUT2D eigenvalue weighted by Crippen LogP contribution is 2.32. The minimum atomic E-state index is -4.52. The summed E-state index contributed by atoms with van der Waals surface area (Å²) >= 11 is 12.0. The minimum Gasteiger partial charge on any atom is -0.350 e.